The van der Waals surface area contributed by atoms with Crippen LogP contribution in [0.25, 0.3) is 10.9 Å². The van der Waals surface area contributed by atoms with Gasteiger partial charge < -0.3 is 10.0 Å². The molecule has 2 aromatic carbocycles. The number of likely N-dealkylation sites (N-methyl/N-ethyl adjacent to an activating group) is 1. The van der Waals surface area contributed by atoms with Crippen LogP contribution in [0.3, 0.4) is 0 Å². The Morgan fingerprint density at radius 3 is 2.63 bits per heavy atom. The summed E-state index contributed by atoms with van der Waals surface area (Å²) in [7, 11) is 2.10. The van der Waals surface area contributed by atoms with Crippen molar-refractivity contribution in [2.75, 3.05) is 33.2 Å². The van der Waals surface area contributed by atoms with Gasteiger partial charge in [0.25, 0.3) is 5.91 Å². The molecule has 4 rings (SSSR count). The molecule has 2 heterocycles. The second-order valence-electron chi connectivity index (χ2n) is 7.31. The Bertz CT molecular complexity index is 1120. The maximum atomic E-state index is 12.5. The molecule has 1 saturated heterocycles. The molecule has 1 aromatic heterocycles. The van der Waals surface area contributed by atoms with E-state index in [9.17, 15) is 9.90 Å². The summed E-state index contributed by atoms with van der Waals surface area (Å²) in [5.41, 5.74) is 1.36. The average Bonchev–Trinajstić information content (AvgIpc) is 2.98. The number of piperazine rings is 1. The molecule has 0 radical (unpaired) electrons. The van der Waals surface area contributed by atoms with Gasteiger partial charge in [-0.2, -0.15) is 0 Å². The number of hydrogen-bond donors (Lipinski definition) is 1. The number of nitrogens with zero attached hydrogens (tertiary/aromatic N) is 5. The Morgan fingerprint density at radius 1 is 1.17 bits per heavy atom. The minimum absolute atomic E-state index is 0.0160. The highest BCUT2D eigenvalue weighted by molar-refractivity contribution is 9.10. The first kappa shape index (κ1) is 21.0. The molecule has 1 aliphatic rings. The molecule has 1 aliphatic heterocycles. The summed E-state index contributed by atoms with van der Waals surface area (Å²) in [5.74, 6) is -0.576. The zero-order chi connectivity index (χ0) is 21.3. The maximum absolute atomic E-state index is 12.5. The fourth-order valence-corrected chi connectivity index (χ4v) is 4.09. The van der Waals surface area contributed by atoms with Crippen LogP contribution in [0.15, 0.2) is 57.2 Å². The number of benzene rings is 2. The van der Waals surface area contributed by atoms with Crippen LogP contribution in [0.2, 0.25) is 5.02 Å². The van der Waals surface area contributed by atoms with Crippen LogP contribution in [0.1, 0.15) is 10.4 Å². The van der Waals surface area contributed by atoms with Crippen LogP contribution in [0.4, 0.5) is 5.69 Å². The maximum Gasteiger partial charge on any atom is 0.296 e. The number of carbonyl (C=O) groups is 1. The first-order valence-corrected chi connectivity index (χ1v) is 10.7. The molecule has 0 spiro atoms. The number of rotatable bonds is 4. The normalized spacial score (nSPS) is 16.0. The Kier molecular flexibility index (Phi) is 6.19. The molecule has 9 heteroatoms. The van der Waals surface area contributed by atoms with E-state index in [1.54, 1.807) is 28.8 Å². The minimum Gasteiger partial charge on any atom is -0.493 e. The SMILES string of the molecule is CN1CCN(Cn2c(O)c(N=NC(=O)c3ccccc3Cl)c3cc(Br)ccc32)CC1. The molecular formula is C21H21BrClN5O2. The monoisotopic (exact) mass is 489 g/mol. The minimum atomic E-state index is -0.560. The molecule has 156 valence electrons. The summed E-state index contributed by atoms with van der Waals surface area (Å²) in [4.78, 5) is 17.0. The van der Waals surface area contributed by atoms with Gasteiger partial charge in [-0.1, -0.05) is 39.7 Å². The fraction of sp³-hybridized carbons (Fsp3) is 0.286. The van der Waals surface area contributed by atoms with Crippen LogP contribution in [-0.2, 0) is 6.67 Å². The highest BCUT2D eigenvalue weighted by atomic mass is 79.9. The van der Waals surface area contributed by atoms with Gasteiger partial charge in [-0.05, 0) is 37.4 Å². The van der Waals surface area contributed by atoms with Gasteiger partial charge in [-0.15, -0.1) is 10.2 Å². The molecule has 1 fully saturated rings. The molecule has 7 nitrogen and oxygen atoms in total. The van der Waals surface area contributed by atoms with Crippen LogP contribution in [0, 0.1) is 0 Å². The topological polar surface area (TPSA) is 73.4 Å². The lowest BCUT2D eigenvalue weighted by molar-refractivity contribution is 0.0995. The van der Waals surface area contributed by atoms with E-state index in [1.807, 2.05) is 18.2 Å². The van der Waals surface area contributed by atoms with Crippen molar-refractivity contribution in [3.8, 4) is 5.88 Å². The van der Waals surface area contributed by atoms with Crippen molar-refractivity contribution in [1.29, 1.82) is 0 Å². The van der Waals surface area contributed by atoms with Gasteiger partial charge in [-0.3, -0.25) is 14.3 Å². The van der Waals surface area contributed by atoms with Gasteiger partial charge in [0.15, 0.2) is 5.69 Å². The van der Waals surface area contributed by atoms with Gasteiger partial charge in [0.1, 0.15) is 0 Å². The third-order valence-electron chi connectivity index (χ3n) is 5.25. The Morgan fingerprint density at radius 2 is 1.90 bits per heavy atom. The molecule has 0 saturated carbocycles. The van der Waals surface area contributed by atoms with E-state index in [0.29, 0.717) is 17.1 Å². The number of amides is 1. The molecule has 0 atom stereocenters. The number of hydrogen-bond acceptors (Lipinski definition) is 5. The fourth-order valence-electron chi connectivity index (χ4n) is 3.51. The van der Waals surface area contributed by atoms with Crippen LogP contribution in [0.5, 0.6) is 5.88 Å². The largest absolute Gasteiger partial charge is 0.493 e. The van der Waals surface area contributed by atoms with Crippen molar-refractivity contribution in [1.82, 2.24) is 14.4 Å². The Hall–Kier alpha value is -2.26. The standard InChI is InChI=1S/C21H21BrClN5O2/c1-26-8-10-27(11-9-26)13-28-18-7-6-14(22)12-16(18)19(21(28)30)24-25-20(29)15-4-2-3-5-17(15)23/h2-7,12,30H,8-11,13H2,1H3. The predicted octanol–water partition coefficient (Wildman–Crippen LogP) is 4.89. The highest BCUT2D eigenvalue weighted by Gasteiger charge is 2.21. The van der Waals surface area contributed by atoms with E-state index in [2.05, 4.69) is 43.0 Å². The van der Waals surface area contributed by atoms with Crippen molar-refractivity contribution in [3.63, 3.8) is 0 Å². The Labute approximate surface area is 187 Å². The average molecular weight is 491 g/mol. The first-order chi connectivity index (χ1) is 14.4. The van der Waals surface area contributed by atoms with Crippen LogP contribution < -0.4 is 0 Å². The van der Waals surface area contributed by atoms with E-state index in [4.69, 9.17) is 11.6 Å². The zero-order valence-electron chi connectivity index (χ0n) is 16.4. The second-order valence-corrected chi connectivity index (χ2v) is 8.63. The number of aromatic nitrogens is 1. The van der Waals surface area contributed by atoms with E-state index in [-0.39, 0.29) is 17.1 Å². The summed E-state index contributed by atoms with van der Waals surface area (Å²) in [6.45, 7) is 4.31. The van der Waals surface area contributed by atoms with E-state index in [0.717, 1.165) is 36.2 Å². The molecule has 1 N–H and O–H groups in total. The Balaban J connectivity index is 1.69. The number of halogens is 2. The van der Waals surface area contributed by atoms with Crippen molar-refractivity contribution in [2.24, 2.45) is 10.2 Å². The third-order valence-corrected chi connectivity index (χ3v) is 6.08. The summed E-state index contributed by atoms with van der Waals surface area (Å²) in [6.07, 6.45) is 0. The molecule has 0 aliphatic carbocycles. The van der Waals surface area contributed by atoms with Crippen molar-refractivity contribution in [2.45, 2.75) is 6.67 Å². The van der Waals surface area contributed by atoms with Crippen molar-refractivity contribution < 1.29 is 9.90 Å². The molecular weight excluding hydrogens is 470 g/mol. The summed E-state index contributed by atoms with van der Waals surface area (Å²) >= 11 is 9.55. The second kappa shape index (κ2) is 8.85. The number of carbonyl (C=O) groups excluding carboxylic acids is 1. The van der Waals surface area contributed by atoms with Gasteiger partial charge in [0.05, 0.1) is 22.8 Å². The molecule has 0 bridgehead atoms. The lowest BCUT2D eigenvalue weighted by atomic mass is 10.2. The van der Waals surface area contributed by atoms with Gasteiger partial charge >= 0.3 is 0 Å². The summed E-state index contributed by atoms with van der Waals surface area (Å²) in [5, 5.41) is 19.9. The van der Waals surface area contributed by atoms with E-state index in [1.165, 1.54) is 0 Å². The quantitative estimate of drug-likeness (QED) is 0.528. The number of fused-ring (bicyclic) bond motifs is 1. The summed E-state index contributed by atoms with van der Waals surface area (Å²) in [6, 6.07) is 12.4. The van der Waals surface area contributed by atoms with E-state index < -0.39 is 5.91 Å². The third kappa shape index (κ3) is 4.27. The zero-order valence-corrected chi connectivity index (χ0v) is 18.8. The lowest BCUT2D eigenvalue weighted by Crippen LogP contribution is -2.44. The van der Waals surface area contributed by atoms with Crippen molar-refractivity contribution in [3.05, 3.63) is 57.5 Å². The van der Waals surface area contributed by atoms with E-state index >= 15 is 0 Å². The molecule has 0 unspecified atom stereocenters. The number of aromatic hydroxyl groups is 1. The van der Waals surface area contributed by atoms with Gasteiger partial charge in [0.2, 0.25) is 5.88 Å². The summed E-state index contributed by atoms with van der Waals surface area (Å²) < 4.78 is 2.65. The predicted molar refractivity (Wildman–Crippen MR) is 121 cm³/mol. The van der Waals surface area contributed by atoms with Crippen LogP contribution in [-0.4, -0.2) is 58.6 Å². The number of azo groups is 1. The molecule has 3 aromatic rings. The lowest BCUT2D eigenvalue weighted by Gasteiger charge is -2.32. The highest BCUT2D eigenvalue weighted by Crippen LogP contribution is 2.40. The molecule has 30 heavy (non-hydrogen) atoms. The van der Waals surface area contributed by atoms with Gasteiger partial charge in [-0.25, -0.2) is 0 Å². The van der Waals surface area contributed by atoms with Crippen molar-refractivity contribution >= 4 is 50.0 Å². The smallest absolute Gasteiger partial charge is 0.296 e. The first-order valence-electron chi connectivity index (χ1n) is 9.56. The van der Waals surface area contributed by atoms with Crippen LogP contribution >= 0.6 is 27.5 Å². The van der Waals surface area contributed by atoms with Gasteiger partial charge in [0, 0.05) is 36.0 Å². The molecule has 1 amide bonds.